The molecule has 0 fully saturated rings. The molecule has 0 spiro atoms. The van der Waals surface area contributed by atoms with Crippen molar-refractivity contribution in [2.45, 2.75) is 12.3 Å². The molecule has 2 nitrogen and oxygen atoms in total. The number of aromatic nitrogens is 2. The van der Waals surface area contributed by atoms with Crippen molar-refractivity contribution in [3.8, 4) is 5.69 Å². The average molecular weight is 388 g/mol. The normalized spacial score (nSPS) is 12.8. The van der Waals surface area contributed by atoms with Gasteiger partial charge in [-0.2, -0.15) is 0 Å². The van der Waals surface area contributed by atoms with Crippen LogP contribution in [0, 0.1) is 5.82 Å². The van der Waals surface area contributed by atoms with Crippen LogP contribution in [0.4, 0.5) is 4.39 Å². The molecule has 108 valence electrons. The van der Waals surface area contributed by atoms with E-state index in [9.17, 15) is 4.39 Å². The molecule has 0 amide bonds. The van der Waals surface area contributed by atoms with Crippen molar-refractivity contribution in [3.05, 3.63) is 57.5 Å². The van der Waals surface area contributed by atoms with Crippen LogP contribution in [0.15, 0.2) is 40.9 Å². The van der Waals surface area contributed by atoms with Crippen LogP contribution < -0.4 is 0 Å². The van der Waals surface area contributed by atoms with Crippen LogP contribution in [0.5, 0.6) is 0 Å². The fraction of sp³-hybridized carbons (Fsp3) is 0.133. The summed E-state index contributed by atoms with van der Waals surface area (Å²) in [5.74, 6) is 0.288. The van der Waals surface area contributed by atoms with E-state index in [4.69, 9.17) is 23.2 Å². The Morgan fingerprint density at radius 1 is 1.29 bits per heavy atom. The van der Waals surface area contributed by atoms with Gasteiger partial charge in [0.15, 0.2) is 0 Å². The highest BCUT2D eigenvalue weighted by Gasteiger charge is 2.19. The quantitative estimate of drug-likeness (QED) is 0.502. The number of benzene rings is 2. The Balaban J connectivity index is 2.42. The number of nitrogens with zero attached hydrogens (tertiary/aromatic N) is 2. The summed E-state index contributed by atoms with van der Waals surface area (Å²) in [6.07, 6.45) is 0. The molecule has 6 heteroatoms. The fourth-order valence-electron chi connectivity index (χ4n) is 2.26. The Morgan fingerprint density at radius 3 is 2.76 bits per heavy atom. The maximum absolute atomic E-state index is 13.6. The number of hydrogen-bond acceptors (Lipinski definition) is 1. The van der Waals surface area contributed by atoms with E-state index in [2.05, 4.69) is 20.9 Å². The molecule has 0 aliphatic heterocycles. The first-order chi connectivity index (χ1) is 9.99. The highest BCUT2D eigenvalue weighted by Crippen LogP contribution is 2.34. The maximum Gasteiger partial charge on any atom is 0.132 e. The Kier molecular flexibility index (Phi) is 3.95. The Morgan fingerprint density at radius 2 is 2.05 bits per heavy atom. The molecular weight excluding hydrogens is 378 g/mol. The predicted molar refractivity (Wildman–Crippen MR) is 88.0 cm³/mol. The second-order valence-corrected chi connectivity index (χ2v) is 6.54. The van der Waals surface area contributed by atoms with Crippen LogP contribution in [0.2, 0.25) is 5.02 Å². The second kappa shape index (κ2) is 5.59. The minimum Gasteiger partial charge on any atom is -0.294 e. The summed E-state index contributed by atoms with van der Waals surface area (Å²) in [6, 6.07) is 9.97. The zero-order valence-electron chi connectivity index (χ0n) is 10.9. The summed E-state index contributed by atoms with van der Waals surface area (Å²) in [6.45, 7) is 1.82. The van der Waals surface area contributed by atoms with Crippen molar-refractivity contribution >= 4 is 50.2 Å². The van der Waals surface area contributed by atoms with Crippen molar-refractivity contribution in [3.63, 3.8) is 0 Å². The summed E-state index contributed by atoms with van der Waals surface area (Å²) in [5.41, 5.74) is 2.08. The van der Waals surface area contributed by atoms with Crippen LogP contribution in [0.1, 0.15) is 18.1 Å². The lowest BCUT2D eigenvalue weighted by Crippen LogP contribution is -2.03. The van der Waals surface area contributed by atoms with E-state index in [1.165, 1.54) is 12.1 Å². The lowest BCUT2D eigenvalue weighted by Gasteiger charge is -2.12. The van der Waals surface area contributed by atoms with Crippen LogP contribution in [-0.4, -0.2) is 9.55 Å². The first-order valence-corrected chi connectivity index (χ1v) is 7.86. The fourth-order valence-corrected chi connectivity index (χ4v) is 3.04. The summed E-state index contributed by atoms with van der Waals surface area (Å²) in [5, 5.41) is 0.195. The van der Waals surface area contributed by atoms with Gasteiger partial charge in [-0.3, -0.25) is 4.57 Å². The van der Waals surface area contributed by atoms with Gasteiger partial charge in [-0.25, -0.2) is 9.37 Å². The second-order valence-electron chi connectivity index (χ2n) is 4.62. The van der Waals surface area contributed by atoms with Gasteiger partial charge >= 0.3 is 0 Å². The average Bonchev–Trinajstić information content (AvgIpc) is 2.82. The third kappa shape index (κ3) is 2.56. The summed E-state index contributed by atoms with van der Waals surface area (Å²) in [4.78, 5) is 4.51. The van der Waals surface area contributed by atoms with Crippen LogP contribution in [0.25, 0.3) is 16.7 Å². The van der Waals surface area contributed by atoms with Gasteiger partial charge in [0, 0.05) is 4.47 Å². The molecule has 2 aromatic carbocycles. The van der Waals surface area contributed by atoms with Crippen molar-refractivity contribution in [2.75, 3.05) is 0 Å². The Labute approximate surface area is 139 Å². The molecule has 1 atom stereocenters. The molecule has 0 N–H and O–H groups in total. The zero-order valence-corrected chi connectivity index (χ0v) is 14.0. The third-order valence-electron chi connectivity index (χ3n) is 3.17. The van der Waals surface area contributed by atoms with Gasteiger partial charge in [0.25, 0.3) is 0 Å². The highest BCUT2D eigenvalue weighted by atomic mass is 79.9. The van der Waals surface area contributed by atoms with Gasteiger partial charge in [-0.05, 0) is 53.2 Å². The van der Waals surface area contributed by atoms with Crippen LogP contribution in [-0.2, 0) is 0 Å². The first-order valence-electron chi connectivity index (χ1n) is 6.25. The molecule has 0 bridgehead atoms. The summed E-state index contributed by atoms with van der Waals surface area (Å²) < 4.78 is 16.2. The molecule has 0 aliphatic carbocycles. The van der Waals surface area contributed by atoms with E-state index in [1.807, 2.05) is 23.6 Å². The van der Waals surface area contributed by atoms with Crippen molar-refractivity contribution < 1.29 is 4.39 Å². The standard InChI is InChI=1S/C15H10BrCl2FN2/c1-8(17)15-20-14-11(18)3-2-4-12(14)21(15)13-7-9(19)5-6-10(13)16/h2-8H,1H3. The molecule has 0 saturated carbocycles. The van der Waals surface area contributed by atoms with Crippen molar-refractivity contribution in [1.82, 2.24) is 9.55 Å². The van der Waals surface area contributed by atoms with Gasteiger partial charge in [0.2, 0.25) is 0 Å². The summed E-state index contributed by atoms with van der Waals surface area (Å²) in [7, 11) is 0. The van der Waals surface area contributed by atoms with Gasteiger partial charge < -0.3 is 0 Å². The van der Waals surface area contributed by atoms with E-state index in [1.54, 1.807) is 12.1 Å². The van der Waals surface area contributed by atoms with Crippen LogP contribution >= 0.6 is 39.1 Å². The zero-order chi connectivity index (χ0) is 15.1. The van der Waals surface area contributed by atoms with E-state index in [-0.39, 0.29) is 11.2 Å². The molecule has 3 rings (SSSR count). The van der Waals surface area contributed by atoms with Gasteiger partial charge in [0.05, 0.1) is 21.6 Å². The van der Waals surface area contributed by atoms with Crippen molar-refractivity contribution in [1.29, 1.82) is 0 Å². The maximum atomic E-state index is 13.6. The third-order valence-corrected chi connectivity index (χ3v) is 4.34. The minimum atomic E-state index is -0.344. The van der Waals surface area contributed by atoms with E-state index in [0.717, 1.165) is 9.99 Å². The van der Waals surface area contributed by atoms with E-state index >= 15 is 0 Å². The molecule has 1 aromatic heterocycles. The van der Waals surface area contributed by atoms with E-state index < -0.39 is 0 Å². The van der Waals surface area contributed by atoms with Gasteiger partial charge in [-0.15, -0.1) is 11.6 Å². The Hall–Kier alpha value is -1.10. The molecule has 0 radical (unpaired) electrons. The lowest BCUT2D eigenvalue weighted by molar-refractivity contribution is 0.626. The van der Waals surface area contributed by atoms with E-state index in [0.29, 0.717) is 22.1 Å². The monoisotopic (exact) mass is 386 g/mol. The molecule has 1 heterocycles. The predicted octanol–water partition coefficient (Wildman–Crippen LogP) is 5.88. The number of fused-ring (bicyclic) bond motifs is 1. The van der Waals surface area contributed by atoms with Gasteiger partial charge in [0.1, 0.15) is 17.2 Å². The molecule has 21 heavy (non-hydrogen) atoms. The molecule has 3 aromatic rings. The molecule has 0 aliphatic rings. The number of alkyl halides is 1. The molecule has 0 saturated heterocycles. The minimum absolute atomic E-state index is 0.328. The number of rotatable bonds is 2. The Bertz CT molecular complexity index is 830. The molecule has 1 unspecified atom stereocenters. The number of halogens is 4. The van der Waals surface area contributed by atoms with Crippen LogP contribution in [0.3, 0.4) is 0 Å². The smallest absolute Gasteiger partial charge is 0.132 e. The SMILES string of the molecule is CC(Cl)c1nc2c(Cl)cccc2n1-c1cc(F)ccc1Br. The van der Waals surface area contributed by atoms with Crippen molar-refractivity contribution in [2.24, 2.45) is 0 Å². The topological polar surface area (TPSA) is 17.8 Å². The van der Waals surface area contributed by atoms with Gasteiger partial charge in [-0.1, -0.05) is 17.7 Å². The molecular formula is C15H10BrCl2FN2. The number of imidazole rings is 1. The highest BCUT2D eigenvalue weighted by molar-refractivity contribution is 9.10. The largest absolute Gasteiger partial charge is 0.294 e. The first kappa shape index (κ1) is 14.8. The summed E-state index contributed by atoms with van der Waals surface area (Å²) >= 11 is 15.9. The number of para-hydroxylation sites is 1. The lowest BCUT2D eigenvalue weighted by atomic mass is 10.2. The number of hydrogen-bond donors (Lipinski definition) is 0.